The maximum atomic E-state index is 11.9. The fourth-order valence-electron chi connectivity index (χ4n) is 1.60. The number of nitrogens with zero attached hydrogens (tertiary/aromatic N) is 1. The second kappa shape index (κ2) is 6.47. The molecule has 0 saturated heterocycles. The minimum absolute atomic E-state index is 0.195. The largest absolute Gasteiger partial charge is 0.271 e. The molecular formula is C15H13IN2O. The molecule has 0 saturated carbocycles. The summed E-state index contributed by atoms with van der Waals surface area (Å²) < 4.78 is 1.17. The van der Waals surface area contributed by atoms with Gasteiger partial charge in [0.15, 0.2) is 0 Å². The summed E-state index contributed by atoms with van der Waals surface area (Å²) in [4.78, 5) is 11.9. The highest BCUT2D eigenvalue weighted by molar-refractivity contribution is 14.1. The van der Waals surface area contributed by atoms with Crippen molar-refractivity contribution in [2.24, 2.45) is 5.10 Å². The van der Waals surface area contributed by atoms with Gasteiger partial charge < -0.3 is 0 Å². The molecule has 0 bridgehead atoms. The number of hydrogen-bond donors (Lipinski definition) is 1. The smallest absolute Gasteiger partial charge is 0.267 e. The van der Waals surface area contributed by atoms with Gasteiger partial charge in [0.1, 0.15) is 0 Å². The van der Waals surface area contributed by atoms with Crippen LogP contribution < -0.4 is 5.43 Å². The number of carbonyl (C=O) groups excluding carboxylic acids is 1. The van der Waals surface area contributed by atoms with E-state index in [0.29, 0.717) is 5.56 Å². The third kappa shape index (κ3) is 3.89. The Hall–Kier alpha value is -1.69. The van der Waals surface area contributed by atoms with Crippen LogP contribution in [-0.4, -0.2) is 12.1 Å². The molecule has 0 aliphatic carbocycles. The number of rotatable bonds is 3. The Morgan fingerprint density at radius 1 is 1.16 bits per heavy atom. The summed E-state index contributed by atoms with van der Waals surface area (Å²) in [5.74, 6) is -0.195. The molecule has 0 atom stereocenters. The predicted molar refractivity (Wildman–Crippen MR) is 85.4 cm³/mol. The van der Waals surface area contributed by atoms with Crippen LogP contribution in [0.15, 0.2) is 53.6 Å². The zero-order valence-corrected chi connectivity index (χ0v) is 12.6. The minimum Gasteiger partial charge on any atom is -0.267 e. The first-order valence-corrected chi connectivity index (χ1v) is 6.89. The van der Waals surface area contributed by atoms with Gasteiger partial charge in [0.2, 0.25) is 0 Å². The van der Waals surface area contributed by atoms with Gasteiger partial charge in [-0.1, -0.05) is 30.3 Å². The van der Waals surface area contributed by atoms with Crippen molar-refractivity contribution in [1.82, 2.24) is 5.43 Å². The second-order valence-corrected chi connectivity index (χ2v) is 5.31. The number of nitrogens with one attached hydrogen (secondary N) is 1. The number of benzene rings is 2. The molecule has 4 heteroatoms. The zero-order valence-electron chi connectivity index (χ0n) is 10.4. The SMILES string of the molecule is Cc1ccccc1C(=O)N/N=C\c1ccc(I)cc1. The van der Waals surface area contributed by atoms with Crippen molar-refractivity contribution < 1.29 is 4.79 Å². The van der Waals surface area contributed by atoms with Crippen LogP contribution in [0, 0.1) is 10.5 Å². The van der Waals surface area contributed by atoms with E-state index in [-0.39, 0.29) is 5.91 Å². The summed E-state index contributed by atoms with van der Waals surface area (Å²) >= 11 is 2.24. The second-order valence-electron chi connectivity index (χ2n) is 4.07. The van der Waals surface area contributed by atoms with Crippen molar-refractivity contribution in [3.05, 3.63) is 68.8 Å². The monoisotopic (exact) mass is 364 g/mol. The molecule has 3 nitrogen and oxygen atoms in total. The first-order valence-electron chi connectivity index (χ1n) is 5.81. The van der Waals surface area contributed by atoms with Crippen LogP contribution in [0.2, 0.25) is 0 Å². The zero-order chi connectivity index (χ0) is 13.7. The molecule has 2 rings (SSSR count). The molecule has 0 aliphatic rings. The first kappa shape index (κ1) is 13.7. The van der Waals surface area contributed by atoms with Gasteiger partial charge in [-0.3, -0.25) is 4.79 Å². The number of halogens is 1. The van der Waals surface area contributed by atoms with Crippen molar-refractivity contribution in [3.8, 4) is 0 Å². The van der Waals surface area contributed by atoms with E-state index in [1.807, 2.05) is 49.4 Å². The van der Waals surface area contributed by atoms with Crippen LogP contribution in [0.3, 0.4) is 0 Å². The molecule has 0 fully saturated rings. The van der Waals surface area contributed by atoms with E-state index in [0.717, 1.165) is 11.1 Å². The normalized spacial score (nSPS) is 10.6. The molecule has 0 heterocycles. The number of hydrazone groups is 1. The summed E-state index contributed by atoms with van der Waals surface area (Å²) in [5, 5.41) is 3.96. The van der Waals surface area contributed by atoms with Crippen molar-refractivity contribution in [3.63, 3.8) is 0 Å². The van der Waals surface area contributed by atoms with Gasteiger partial charge in [-0.05, 0) is 58.8 Å². The van der Waals surface area contributed by atoms with Crippen LogP contribution in [0.5, 0.6) is 0 Å². The number of amides is 1. The summed E-state index contributed by atoms with van der Waals surface area (Å²) in [6.07, 6.45) is 1.63. The molecule has 0 unspecified atom stereocenters. The lowest BCUT2D eigenvalue weighted by atomic mass is 10.1. The van der Waals surface area contributed by atoms with Gasteiger partial charge in [-0.15, -0.1) is 0 Å². The maximum Gasteiger partial charge on any atom is 0.271 e. The highest BCUT2D eigenvalue weighted by atomic mass is 127. The van der Waals surface area contributed by atoms with Crippen LogP contribution in [0.1, 0.15) is 21.5 Å². The fraction of sp³-hybridized carbons (Fsp3) is 0.0667. The minimum atomic E-state index is -0.195. The summed E-state index contributed by atoms with van der Waals surface area (Å²) in [7, 11) is 0. The number of aryl methyl sites for hydroxylation is 1. The Morgan fingerprint density at radius 3 is 2.53 bits per heavy atom. The highest BCUT2D eigenvalue weighted by Crippen LogP contribution is 2.07. The lowest BCUT2D eigenvalue weighted by molar-refractivity contribution is 0.0954. The Labute approximate surface area is 125 Å². The van der Waals surface area contributed by atoms with E-state index in [4.69, 9.17) is 0 Å². The fourth-order valence-corrected chi connectivity index (χ4v) is 1.96. The lowest BCUT2D eigenvalue weighted by Crippen LogP contribution is -2.18. The molecule has 19 heavy (non-hydrogen) atoms. The quantitative estimate of drug-likeness (QED) is 0.507. The standard InChI is InChI=1S/C15H13IN2O/c1-11-4-2-3-5-14(11)15(19)18-17-10-12-6-8-13(16)9-7-12/h2-10H,1H3,(H,18,19)/b17-10-. The summed E-state index contributed by atoms with van der Waals surface area (Å²) in [6, 6.07) is 15.3. The molecule has 96 valence electrons. The summed E-state index contributed by atoms with van der Waals surface area (Å²) in [5.41, 5.74) is 5.06. The van der Waals surface area contributed by atoms with Gasteiger partial charge in [-0.25, -0.2) is 5.43 Å². The average Bonchev–Trinajstić information content (AvgIpc) is 2.41. The Morgan fingerprint density at radius 2 is 1.84 bits per heavy atom. The molecule has 1 amide bonds. The van der Waals surface area contributed by atoms with Crippen molar-refractivity contribution in [2.45, 2.75) is 6.92 Å². The Bertz CT molecular complexity index is 606. The summed E-state index contributed by atoms with van der Waals surface area (Å²) in [6.45, 7) is 1.90. The van der Waals surface area contributed by atoms with Crippen LogP contribution in [0.25, 0.3) is 0 Å². The first-order chi connectivity index (χ1) is 9.16. The van der Waals surface area contributed by atoms with Gasteiger partial charge in [0, 0.05) is 9.13 Å². The predicted octanol–water partition coefficient (Wildman–Crippen LogP) is 3.36. The molecule has 0 radical (unpaired) electrons. The van der Waals surface area contributed by atoms with E-state index < -0.39 is 0 Å². The number of carbonyl (C=O) groups is 1. The van der Waals surface area contributed by atoms with Crippen LogP contribution in [-0.2, 0) is 0 Å². The Balaban J connectivity index is 2.01. The third-order valence-corrected chi connectivity index (χ3v) is 3.36. The highest BCUT2D eigenvalue weighted by Gasteiger charge is 2.05. The molecule has 2 aromatic rings. The maximum absolute atomic E-state index is 11.9. The molecule has 0 spiro atoms. The van der Waals surface area contributed by atoms with Gasteiger partial charge in [0.05, 0.1) is 6.21 Å². The van der Waals surface area contributed by atoms with Gasteiger partial charge >= 0.3 is 0 Å². The topological polar surface area (TPSA) is 41.5 Å². The van der Waals surface area contributed by atoms with Crippen LogP contribution in [0.4, 0.5) is 0 Å². The van der Waals surface area contributed by atoms with E-state index in [9.17, 15) is 4.79 Å². The average molecular weight is 364 g/mol. The van der Waals surface area contributed by atoms with Crippen molar-refractivity contribution >= 4 is 34.7 Å². The lowest BCUT2D eigenvalue weighted by Gasteiger charge is -2.02. The van der Waals surface area contributed by atoms with E-state index in [2.05, 4.69) is 33.1 Å². The van der Waals surface area contributed by atoms with Crippen molar-refractivity contribution in [2.75, 3.05) is 0 Å². The van der Waals surface area contributed by atoms with Crippen molar-refractivity contribution in [1.29, 1.82) is 0 Å². The number of hydrogen-bond acceptors (Lipinski definition) is 2. The molecule has 1 N–H and O–H groups in total. The van der Waals surface area contributed by atoms with E-state index >= 15 is 0 Å². The molecule has 2 aromatic carbocycles. The molecular weight excluding hydrogens is 351 g/mol. The van der Waals surface area contributed by atoms with E-state index in [1.165, 1.54) is 3.57 Å². The van der Waals surface area contributed by atoms with Crippen LogP contribution >= 0.6 is 22.6 Å². The molecule has 0 aromatic heterocycles. The van der Waals surface area contributed by atoms with Gasteiger partial charge in [0.25, 0.3) is 5.91 Å². The Kier molecular flexibility index (Phi) is 4.68. The van der Waals surface area contributed by atoms with Gasteiger partial charge in [-0.2, -0.15) is 5.10 Å². The third-order valence-electron chi connectivity index (χ3n) is 2.64. The molecule has 0 aliphatic heterocycles. The van der Waals surface area contributed by atoms with E-state index in [1.54, 1.807) is 12.3 Å².